The number of benzene rings is 1. The number of aromatic nitrogens is 2. The molecule has 1 aliphatic carbocycles. The predicted molar refractivity (Wildman–Crippen MR) is 74.2 cm³/mol. The Morgan fingerprint density at radius 1 is 1.37 bits per heavy atom. The zero-order valence-corrected chi connectivity index (χ0v) is 10.8. The van der Waals surface area contributed by atoms with Crippen LogP contribution in [-0.2, 0) is 12.8 Å². The van der Waals surface area contributed by atoms with Crippen LogP contribution in [-0.4, -0.2) is 16.1 Å². The maximum atomic E-state index is 12.2. The number of carbonyl (C=O) groups excluding carboxylic acids is 1. The zero-order chi connectivity index (χ0) is 13.4. The second kappa shape index (κ2) is 4.42. The minimum absolute atomic E-state index is 0.173. The lowest BCUT2D eigenvalue weighted by Gasteiger charge is -2.05. The predicted octanol–water partition coefficient (Wildman–Crippen LogP) is 2.04. The van der Waals surface area contributed by atoms with Crippen molar-refractivity contribution in [2.75, 3.05) is 11.1 Å². The Labute approximate surface area is 111 Å². The van der Waals surface area contributed by atoms with E-state index in [0.717, 1.165) is 18.5 Å². The van der Waals surface area contributed by atoms with Gasteiger partial charge >= 0.3 is 0 Å². The average molecular weight is 256 g/mol. The Balaban J connectivity index is 1.83. The van der Waals surface area contributed by atoms with Crippen molar-refractivity contribution in [3.63, 3.8) is 0 Å². The van der Waals surface area contributed by atoms with Crippen LogP contribution in [0.3, 0.4) is 0 Å². The first-order valence-corrected chi connectivity index (χ1v) is 6.39. The van der Waals surface area contributed by atoms with Crippen LogP contribution in [0.1, 0.15) is 33.6 Å². The molecule has 5 nitrogen and oxygen atoms in total. The number of nitrogens with zero attached hydrogens (tertiary/aromatic N) is 1. The van der Waals surface area contributed by atoms with E-state index in [9.17, 15) is 4.79 Å². The number of carbonyl (C=O) groups is 1. The second-order valence-electron chi connectivity index (χ2n) is 4.90. The Morgan fingerprint density at radius 3 is 2.89 bits per heavy atom. The third-order valence-electron chi connectivity index (χ3n) is 3.59. The van der Waals surface area contributed by atoms with Crippen molar-refractivity contribution in [3.05, 3.63) is 40.6 Å². The van der Waals surface area contributed by atoms with Crippen molar-refractivity contribution in [1.29, 1.82) is 0 Å². The van der Waals surface area contributed by atoms with Crippen molar-refractivity contribution in [3.8, 4) is 0 Å². The fourth-order valence-electron chi connectivity index (χ4n) is 2.43. The Kier molecular flexibility index (Phi) is 2.74. The average Bonchev–Trinajstić information content (AvgIpc) is 2.99. The maximum Gasteiger partial charge on any atom is 0.256 e. The Bertz CT molecular complexity index is 645. The number of fused-ring (bicyclic) bond motifs is 1. The summed E-state index contributed by atoms with van der Waals surface area (Å²) in [4.78, 5) is 12.2. The first-order chi connectivity index (χ1) is 9.15. The summed E-state index contributed by atoms with van der Waals surface area (Å²) in [6, 6.07) is 5.86. The van der Waals surface area contributed by atoms with Gasteiger partial charge in [-0.05, 0) is 49.4 Å². The van der Waals surface area contributed by atoms with Crippen molar-refractivity contribution < 1.29 is 4.79 Å². The van der Waals surface area contributed by atoms with Crippen LogP contribution in [0.25, 0.3) is 0 Å². The van der Waals surface area contributed by atoms with Gasteiger partial charge in [0.2, 0.25) is 0 Å². The fourth-order valence-corrected chi connectivity index (χ4v) is 2.43. The van der Waals surface area contributed by atoms with Crippen molar-refractivity contribution in [1.82, 2.24) is 10.2 Å². The van der Waals surface area contributed by atoms with Crippen molar-refractivity contribution >= 4 is 17.4 Å². The van der Waals surface area contributed by atoms with Crippen LogP contribution in [0.4, 0.5) is 11.5 Å². The topological polar surface area (TPSA) is 83.8 Å². The maximum absolute atomic E-state index is 12.2. The van der Waals surface area contributed by atoms with Gasteiger partial charge in [0.05, 0.1) is 11.4 Å². The third kappa shape index (κ3) is 2.07. The molecule has 98 valence electrons. The summed E-state index contributed by atoms with van der Waals surface area (Å²) in [6.07, 6.45) is 3.34. The number of hydrogen-bond acceptors (Lipinski definition) is 3. The molecule has 1 heterocycles. The largest absolute Gasteiger partial charge is 0.394 e. The lowest BCUT2D eigenvalue weighted by molar-refractivity contribution is 0.102. The summed E-state index contributed by atoms with van der Waals surface area (Å²) in [7, 11) is 0. The highest BCUT2D eigenvalue weighted by molar-refractivity contribution is 6.05. The molecule has 1 aliphatic rings. The molecular formula is C14H16N4O. The van der Waals surface area contributed by atoms with E-state index in [2.05, 4.69) is 15.5 Å². The van der Waals surface area contributed by atoms with Gasteiger partial charge in [-0.2, -0.15) is 5.10 Å². The summed E-state index contributed by atoms with van der Waals surface area (Å²) in [5, 5.41) is 9.45. The minimum atomic E-state index is -0.173. The molecule has 0 unspecified atom stereocenters. The summed E-state index contributed by atoms with van der Waals surface area (Å²) in [5.74, 6) is 0.218. The number of aryl methyl sites for hydroxylation is 3. The van der Waals surface area contributed by atoms with E-state index in [1.807, 2.05) is 25.1 Å². The van der Waals surface area contributed by atoms with E-state index < -0.39 is 0 Å². The molecule has 0 saturated heterocycles. The molecule has 0 saturated carbocycles. The molecule has 0 aliphatic heterocycles. The van der Waals surface area contributed by atoms with Gasteiger partial charge in [-0.15, -0.1) is 0 Å². The molecule has 3 rings (SSSR count). The highest BCUT2D eigenvalue weighted by Crippen LogP contribution is 2.24. The summed E-state index contributed by atoms with van der Waals surface area (Å²) < 4.78 is 0. The summed E-state index contributed by atoms with van der Waals surface area (Å²) >= 11 is 0. The summed E-state index contributed by atoms with van der Waals surface area (Å²) in [5.41, 5.74) is 10.3. The van der Waals surface area contributed by atoms with Crippen LogP contribution < -0.4 is 11.1 Å². The van der Waals surface area contributed by atoms with Gasteiger partial charge in [-0.3, -0.25) is 9.89 Å². The van der Waals surface area contributed by atoms with Crippen LogP contribution in [0.15, 0.2) is 18.2 Å². The molecular weight excluding hydrogens is 240 g/mol. The van der Waals surface area contributed by atoms with Gasteiger partial charge in [-0.1, -0.05) is 6.07 Å². The number of nitrogens with two attached hydrogens (primary N) is 1. The number of H-pyrrole nitrogens is 1. The first-order valence-electron chi connectivity index (χ1n) is 6.39. The smallest absolute Gasteiger partial charge is 0.256 e. The van der Waals surface area contributed by atoms with E-state index in [1.54, 1.807) is 0 Å². The van der Waals surface area contributed by atoms with Crippen molar-refractivity contribution in [2.24, 2.45) is 0 Å². The lowest BCUT2D eigenvalue weighted by Crippen LogP contribution is -2.13. The van der Waals surface area contributed by atoms with E-state index in [4.69, 9.17) is 5.73 Å². The van der Waals surface area contributed by atoms with Crippen LogP contribution in [0.5, 0.6) is 0 Å². The molecule has 0 bridgehead atoms. The number of nitrogen functional groups attached to an aromatic ring is 1. The van der Waals surface area contributed by atoms with E-state index in [1.165, 1.54) is 17.5 Å². The zero-order valence-electron chi connectivity index (χ0n) is 10.8. The number of aromatic amines is 1. The molecule has 0 atom stereocenters. The monoisotopic (exact) mass is 256 g/mol. The van der Waals surface area contributed by atoms with Gasteiger partial charge in [0.1, 0.15) is 0 Å². The van der Waals surface area contributed by atoms with Crippen molar-refractivity contribution in [2.45, 2.75) is 26.2 Å². The second-order valence-corrected chi connectivity index (χ2v) is 4.90. The van der Waals surface area contributed by atoms with Crippen LogP contribution >= 0.6 is 0 Å². The van der Waals surface area contributed by atoms with Gasteiger partial charge in [-0.25, -0.2) is 0 Å². The highest BCUT2D eigenvalue weighted by atomic mass is 16.1. The number of amides is 1. The molecule has 19 heavy (non-hydrogen) atoms. The van der Waals surface area contributed by atoms with Crippen LogP contribution in [0.2, 0.25) is 0 Å². The molecule has 1 aromatic carbocycles. The number of rotatable bonds is 2. The normalized spacial score (nSPS) is 13.3. The molecule has 2 aromatic rings. The Hall–Kier alpha value is -2.30. The molecule has 4 N–H and O–H groups in total. The molecule has 0 spiro atoms. The Morgan fingerprint density at radius 2 is 2.16 bits per heavy atom. The molecule has 0 fully saturated rings. The number of hydrogen-bond donors (Lipinski definition) is 3. The molecule has 1 aromatic heterocycles. The van der Waals surface area contributed by atoms with E-state index in [0.29, 0.717) is 17.1 Å². The first kappa shape index (κ1) is 11.8. The number of nitrogens with one attached hydrogen (secondary N) is 2. The standard InChI is InChI=1S/C14H16N4O/c1-8-12(15)13(18-17-8)16-14(19)11-6-5-9-3-2-4-10(9)7-11/h5-7H,2-4,15H2,1H3,(H2,16,17,18,19). The molecule has 5 heteroatoms. The molecule has 1 amide bonds. The number of anilines is 2. The van der Waals surface area contributed by atoms with Gasteiger partial charge < -0.3 is 11.1 Å². The fraction of sp³-hybridized carbons (Fsp3) is 0.286. The van der Waals surface area contributed by atoms with Crippen LogP contribution in [0, 0.1) is 6.92 Å². The van der Waals surface area contributed by atoms with E-state index >= 15 is 0 Å². The molecule has 0 radical (unpaired) electrons. The third-order valence-corrected chi connectivity index (χ3v) is 3.59. The van der Waals surface area contributed by atoms with Gasteiger partial charge in [0, 0.05) is 5.56 Å². The quantitative estimate of drug-likeness (QED) is 0.768. The summed E-state index contributed by atoms with van der Waals surface area (Å²) in [6.45, 7) is 1.81. The minimum Gasteiger partial charge on any atom is -0.394 e. The van der Waals surface area contributed by atoms with Gasteiger partial charge in [0.25, 0.3) is 5.91 Å². The van der Waals surface area contributed by atoms with E-state index in [-0.39, 0.29) is 5.91 Å². The van der Waals surface area contributed by atoms with Gasteiger partial charge in [0.15, 0.2) is 5.82 Å². The lowest BCUT2D eigenvalue weighted by atomic mass is 10.1. The SMILES string of the molecule is Cc1[nH]nc(NC(=O)c2ccc3c(c2)CCC3)c1N. The highest BCUT2D eigenvalue weighted by Gasteiger charge is 2.15.